The van der Waals surface area contributed by atoms with E-state index in [2.05, 4.69) is 40.4 Å². The summed E-state index contributed by atoms with van der Waals surface area (Å²) in [6.45, 7) is 5.53. The monoisotopic (exact) mass is 495 g/mol. The number of rotatable bonds is 5. The summed E-state index contributed by atoms with van der Waals surface area (Å²) in [6, 6.07) is 6.85. The molecule has 1 amide bonds. The number of amides is 1. The summed E-state index contributed by atoms with van der Waals surface area (Å²) in [5, 5.41) is 10.5. The predicted octanol–water partition coefficient (Wildman–Crippen LogP) is 4.79. The smallest absolute Gasteiger partial charge is 0.226 e. The summed E-state index contributed by atoms with van der Waals surface area (Å²) in [5.41, 5.74) is 5.44. The molecule has 0 aliphatic heterocycles. The average molecular weight is 496 g/mol. The number of anilines is 1. The second-order valence-electron chi connectivity index (χ2n) is 9.10. The Balaban J connectivity index is 1.44. The molecule has 3 N–H and O–H groups in total. The Bertz CT molecular complexity index is 1800. The van der Waals surface area contributed by atoms with Gasteiger partial charge in [-0.1, -0.05) is 13.8 Å². The Hall–Kier alpha value is -4.93. The normalized spacial score (nSPS) is 11.6. The zero-order chi connectivity index (χ0) is 25.7. The van der Waals surface area contributed by atoms with Gasteiger partial charge in [0.15, 0.2) is 17.3 Å². The first-order chi connectivity index (χ1) is 17.9. The Labute approximate surface area is 210 Å². The van der Waals surface area contributed by atoms with Crippen LogP contribution in [0.3, 0.4) is 0 Å². The lowest BCUT2D eigenvalue weighted by molar-refractivity contribution is -0.118. The number of carbonyl (C=O) groups excluding carboxylic acids is 1. The SMILES string of the molecule is Cc1cn(-c2ccnc3nc(-c4[nH]nc5c(F)cc(-c6cncc(NC(=O)C(C)C)c6)cc45)[nH]c23)cn1. The standard InChI is InChI=1S/C26H22FN9O/c1-13(2)26(37)31-17-6-16(9-28-10-17)15-7-18-21(19(27)8-15)34-35-22(18)25-32-23-20(4-5-29-24(23)33-25)36-11-14(3)30-12-36/h4-13H,1-3H3,(H,31,37)(H,34,35)(H,29,32,33). The summed E-state index contributed by atoms with van der Waals surface area (Å²) in [4.78, 5) is 33.0. The topological polar surface area (TPSA) is 130 Å². The van der Waals surface area contributed by atoms with Crippen molar-refractivity contribution in [1.82, 2.24) is 39.7 Å². The van der Waals surface area contributed by atoms with E-state index in [0.717, 1.165) is 11.4 Å². The van der Waals surface area contributed by atoms with Crippen molar-refractivity contribution < 1.29 is 9.18 Å². The van der Waals surface area contributed by atoms with E-state index in [1.54, 1.807) is 31.0 Å². The summed E-state index contributed by atoms with van der Waals surface area (Å²) in [7, 11) is 0. The van der Waals surface area contributed by atoms with Gasteiger partial charge in [0.25, 0.3) is 0 Å². The fraction of sp³-hybridized carbons (Fsp3) is 0.154. The molecule has 0 unspecified atom stereocenters. The molecule has 0 radical (unpaired) electrons. The third-order valence-electron chi connectivity index (χ3n) is 6.07. The van der Waals surface area contributed by atoms with Crippen LogP contribution in [-0.4, -0.2) is 45.6 Å². The lowest BCUT2D eigenvalue weighted by atomic mass is 10.0. The molecule has 6 aromatic rings. The third-order valence-corrected chi connectivity index (χ3v) is 6.07. The number of imidazole rings is 2. The van der Waals surface area contributed by atoms with Crippen LogP contribution in [0.2, 0.25) is 0 Å². The number of aromatic nitrogens is 8. The summed E-state index contributed by atoms with van der Waals surface area (Å²) in [5.74, 6) is -0.318. The molecule has 5 aromatic heterocycles. The molecule has 10 nitrogen and oxygen atoms in total. The van der Waals surface area contributed by atoms with Gasteiger partial charge in [-0.15, -0.1) is 0 Å². The fourth-order valence-corrected chi connectivity index (χ4v) is 4.16. The van der Waals surface area contributed by atoms with Crippen molar-refractivity contribution in [1.29, 1.82) is 0 Å². The van der Waals surface area contributed by atoms with Crippen molar-refractivity contribution >= 4 is 33.7 Å². The van der Waals surface area contributed by atoms with Gasteiger partial charge in [0.1, 0.15) is 16.7 Å². The van der Waals surface area contributed by atoms with E-state index >= 15 is 4.39 Å². The average Bonchev–Trinajstić information content (AvgIpc) is 3.61. The molecule has 37 heavy (non-hydrogen) atoms. The molecule has 0 saturated carbocycles. The number of H-pyrrole nitrogens is 2. The van der Waals surface area contributed by atoms with E-state index in [4.69, 9.17) is 0 Å². The van der Waals surface area contributed by atoms with Gasteiger partial charge >= 0.3 is 0 Å². The van der Waals surface area contributed by atoms with Crippen molar-refractivity contribution in [2.24, 2.45) is 5.92 Å². The number of pyridine rings is 2. The molecular weight excluding hydrogens is 473 g/mol. The molecular formula is C26H22FN9O. The maximum absolute atomic E-state index is 15.1. The van der Waals surface area contributed by atoms with Gasteiger partial charge in [-0.25, -0.2) is 19.3 Å². The molecule has 0 bridgehead atoms. The van der Waals surface area contributed by atoms with Crippen LogP contribution in [0, 0.1) is 18.7 Å². The zero-order valence-corrected chi connectivity index (χ0v) is 20.2. The van der Waals surface area contributed by atoms with E-state index in [1.807, 2.05) is 43.7 Å². The van der Waals surface area contributed by atoms with E-state index in [-0.39, 0.29) is 17.3 Å². The molecule has 0 spiro atoms. The number of fused-ring (bicyclic) bond motifs is 2. The first-order valence-electron chi connectivity index (χ1n) is 11.7. The van der Waals surface area contributed by atoms with Crippen molar-refractivity contribution in [3.05, 3.63) is 66.9 Å². The second kappa shape index (κ2) is 8.63. The highest BCUT2D eigenvalue weighted by Gasteiger charge is 2.19. The van der Waals surface area contributed by atoms with Gasteiger partial charge in [-0.2, -0.15) is 5.10 Å². The van der Waals surface area contributed by atoms with Crippen LogP contribution >= 0.6 is 0 Å². The number of halogens is 1. The van der Waals surface area contributed by atoms with E-state index in [9.17, 15) is 4.79 Å². The zero-order valence-electron chi connectivity index (χ0n) is 20.2. The number of benzene rings is 1. The first-order valence-corrected chi connectivity index (χ1v) is 11.7. The quantitative estimate of drug-likeness (QED) is 0.315. The molecule has 0 aliphatic rings. The van der Waals surface area contributed by atoms with Crippen LogP contribution in [0.1, 0.15) is 19.5 Å². The molecule has 1 aromatic carbocycles. The highest BCUT2D eigenvalue weighted by Crippen LogP contribution is 2.33. The van der Waals surface area contributed by atoms with E-state index in [1.165, 1.54) is 6.07 Å². The molecule has 5 heterocycles. The number of hydrogen-bond donors (Lipinski definition) is 3. The number of aromatic amines is 2. The first kappa shape index (κ1) is 22.5. The van der Waals surface area contributed by atoms with Crippen molar-refractivity contribution in [2.75, 3.05) is 5.32 Å². The lowest BCUT2D eigenvalue weighted by Gasteiger charge is -2.09. The molecule has 11 heteroatoms. The van der Waals surface area contributed by atoms with Crippen molar-refractivity contribution in [3.8, 4) is 28.3 Å². The highest BCUT2D eigenvalue weighted by molar-refractivity contribution is 5.97. The summed E-state index contributed by atoms with van der Waals surface area (Å²) >= 11 is 0. The molecule has 0 atom stereocenters. The van der Waals surface area contributed by atoms with Crippen LogP contribution in [0.4, 0.5) is 10.1 Å². The summed E-state index contributed by atoms with van der Waals surface area (Å²) in [6.07, 6.45) is 8.50. The van der Waals surface area contributed by atoms with Gasteiger partial charge in [0.05, 0.1) is 29.6 Å². The van der Waals surface area contributed by atoms with Crippen molar-refractivity contribution in [2.45, 2.75) is 20.8 Å². The molecule has 0 saturated heterocycles. The molecule has 0 aliphatic carbocycles. The van der Waals surface area contributed by atoms with Crippen LogP contribution in [-0.2, 0) is 4.79 Å². The number of aryl methyl sites for hydroxylation is 1. The minimum atomic E-state index is -0.490. The maximum atomic E-state index is 15.1. The minimum Gasteiger partial charge on any atom is -0.334 e. The van der Waals surface area contributed by atoms with Crippen LogP contribution < -0.4 is 5.32 Å². The van der Waals surface area contributed by atoms with Gasteiger partial charge in [0.2, 0.25) is 5.91 Å². The van der Waals surface area contributed by atoms with Gasteiger partial charge in [0, 0.05) is 35.5 Å². The van der Waals surface area contributed by atoms with Crippen LogP contribution in [0.15, 0.2) is 55.4 Å². The number of nitrogens with one attached hydrogen (secondary N) is 3. The number of nitrogens with zero attached hydrogens (tertiary/aromatic N) is 6. The van der Waals surface area contributed by atoms with E-state index in [0.29, 0.717) is 44.9 Å². The number of hydrogen-bond acceptors (Lipinski definition) is 6. The molecule has 6 rings (SSSR count). The Morgan fingerprint density at radius 3 is 2.78 bits per heavy atom. The van der Waals surface area contributed by atoms with Gasteiger partial charge < -0.3 is 14.9 Å². The highest BCUT2D eigenvalue weighted by atomic mass is 19.1. The Morgan fingerprint density at radius 1 is 1.14 bits per heavy atom. The van der Waals surface area contributed by atoms with Gasteiger partial charge in [-0.05, 0) is 36.8 Å². The van der Waals surface area contributed by atoms with Crippen molar-refractivity contribution in [3.63, 3.8) is 0 Å². The van der Waals surface area contributed by atoms with Crippen LogP contribution in [0.5, 0.6) is 0 Å². The molecule has 184 valence electrons. The largest absolute Gasteiger partial charge is 0.334 e. The Kier molecular flexibility index (Phi) is 5.25. The van der Waals surface area contributed by atoms with Crippen LogP contribution in [0.25, 0.3) is 50.4 Å². The van der Waals surface area contributed by atoms with Gasteiger partial charge in [-0.3, -0.25) is 14.9 Å². The maximum Gasteiger partial charge on any atom is 0.226 e. The second-order valence-corrected chi connectivity index (χ2v) is 9.10. The fourth-order valence-electron chi connectivity index (χ4n) is 4.16. The minimum absolute atomic E-state index is 0.124. The Morgan fingerprint density at radius 2 is 2.00 bits per heavy atom. The molecule has 0 fully saturated rings. The number of carbonyl (C=O) groups is 1. The lowest BCUT2D eigenvalue weighted by Crippen LogP contribution is -2.17. The van der Waals surface area contributed by atoms with E-state index < -0.39 is 5.82 Å². The summed E-state index contributed by atoms with van der Waals surface area (Å²) < 4.78 is 17.0. The predicted molar refractivity (Wildman–Crippen MR) is 137 cm³/mol. The third kappa shape index (κ3) is 3.99.